The monoisotopic (exact) mass is 537 g/mol. The molecule has 0 spiro atoms. The van der Waals surface area contributed by atoms with Gasteiger partial charge in [0.15, 0.2) is 0 Å². The SMILES string of the molecule is O=C(Nc1c(Cl)cncc1Cl)c1cn([C@H]2CCN(C(=O)OCc3ccccc3)C2)c2ncccc2c1=O. The van der Waals surface area contributed by atoms with Gasteiger partial charge in [0.05, 0.1) is 27.2 Å². The number of carbonyl (C=O) groups is 2. The van der Waals surface area contributed by atoms with Gasteiger partial charge < -0.3 is 19.5 Å². The van der Waals surface area contributed by atoms with Crippen LogP contribution in [0.15, 0.2) is 72.0 Å². The average Bonchev–Trinajstić information content (AvgIpc) is 3.41. The Bertz CT molecular complexity index is 1520. The standard InChI is InChI=1S/C26H21Cl2N5O4/c27-20-11-29-12-21(28)22(20)31-25(35)19-14-33(24-18(23(19)34)7-4-9-30-24)17-8-10-32(13-17)26(36)37-15-16-5-2-1-3-6-16/h1-7,9,11-12,14,17H,8,10,13,15H2,(H,29,31,35)/t17-/m0/s1. The number of likely N-dealkylation sites (tertiary alicyclic amines) is 1. The van der Waals surface area contributed by atoms with E-state index in [0.717, 1.165) is 5.56 Å². The summed E-state index contributed by atoms with van der Waals surface area (Å²) in [7, 11) is 0. The molecular formula is C26H21Cl2N5O4. The van der Waals surface area contributed by atoms with Gasteiger partial charge in [-0.25, -0.2) is 9.78 Å². The lowest BCUT2D eigenvalue weighted by Gasteiger charge is -2.20. The number of hydrogen-bond acceptors (Lipinski definition) is 6. The smallest absolute Gasteiger partial charge is 0.410 e. The number of pyridine rings is 3. The number of hydrogen-bond donors (Lipinski definition) is 1. The second-order valence-electron chi connectivity index (χ2n) is 8.51. The predicted octanol–water partition coefficient (Wildman–Crippen LogP) is 4.93. The van der Waals surface area contributed by atoms with Crippen LogP contribution >= 0.6 is 23.2 Å². The molecule has 37 heavy (non-hydrogen) atoms. The molecule has 11 heteroatoms. The first-order valence-electron chi connectivity index (χ1n) is 11.5. The Hall–Kier alpha value is -3.95. The number of amides is 2. The van der Waals surface area contributed by atoms with Crippen LogP contribution in [0.5, 0.6) is 0 Å². The van der Waals surface area contributed by atoms with E-state index in [2.05, 4.69) is 15.3 Å². The van der Waals surface area contributed by atoms with Crippen LogP contribution in [0.2, 0.25) is 10.0 Å². The van der Waals surface area contributed by atoms with Crippen molar-refractivity contribution in [2.75, 3.05) is 18.4 Å². The van der Waals surface area contributed by atoms with E-state index < -0.39 is 17.4 Å². The predicted molar refractivity (Wildman–Crippen MR) is 140 cm³/mol. The molecule has 1 aliphatic heterocycles. The van der Waals surface area contributed by atoms with Gasteiger partial charge in [0.1, 0.15) is 17.8 Å². The summed E-state index contributed by atoms with van der Waals surface area (Å²) in [6.07, 6.45) is 5.91. The highest BCUT2D eigenvalue weighted by molar-refractivity contribution is 6.39. The van der Waals surface area contributed by atoms with Crippen LogP contribution in [0.25, 0.3) is 11.0 Å². The van der Waals surface area contributed by atoms with Gasteiger partial charge in [0, 0.05) is 37.9 Å². The third-order valence-corrected chi connectivity index (χ3v) is 6.72. The average molecular weight is 538 g/mol. The third-order valence-electron chi connectivity index (χ3n) is 6.15. The van der Waals surface area contributed by atoms with E-state index in [1.165, 1.54) is 18.6 Å². The van der Waals surface area contributed by atoms with E-state index in [0.29, 0.717) is 25.2 Å². The Labute approximate surface area is 221 Å². The van der Waals surface area contributed by atoms with Gasteiger partial charge in [0.2, 0.25) is 5.43 Å². The van der Waals surface area contributed by atoms with Crippen molar-refractivity contribution in [1.29, 1.82) is 0 Å². The zero-order valence-corrected chi connectivity index (χ0v) is 20.9. The van der Waals surface area contributed by atoms with Gasteiger partial charge in [-0.05, 0) is 24.1 Å². The van der Waals surface area contributed by atoms with Crippen molar-refractivity contribution in [3.63, 3.8) is 0 Å². The van der Waals surface area contributed by atoms with E-state index in [-0.39, 0.29) is 39.3 Å². The topological polar surface area (TPSA) is 106 Å². The van der Waals surface area contributed by atoms with Crippen molar-refractivity contribution in [3.05, 3.63) is 98.6 Å². The Morgan fingerprint density at radius 3 is 2.59 bits per heavy atom. The molecule has 1 fully saturated rings. The minimum Gasteiger partial charge on any atom is -0.445 e. The summed E-state index contributed by atoms with van der Waals surface area (Å²) in [6.45, 7) is 0.974. The maximum absolute atomic E-state index is 13.2. The number of aromatic nitrogens is 3. The molecule has 4 heterocycles. The highest BCUT2D eigenvalue weighted by Crippen LogP contribution is 2.30. The maximum atomic E-state index is 13.2. The van der Waals surface area contributed by atoms with Gasteiger partial charge in [-0.3, -0.25) is 14.6 Å². The second kappa shape index (κ2) is 10.6. The summed E-state index contributed by atoms with van der Waals surface area (Å²) in [5.41, 5.74) is 0.902. The quantitative estimate of drug-likeness (QED) is 0.386. The molecule has 3 aromatic heterocycles. The van der Waals surface area contributed by atoms with Gasteiger partial charge in [-0.1, -0.05) is 53.5 Å². The van der Waals surface area contributed by atoms with Crippen molar-refractivity contribution in [2.24, 2.45) is 0 Å². The second-order valence-corrected chi connectivity index (χ2v) is 9.33. The van der Waals surface area contributed by atoms with Crippen LogP contribution in [0.3, 0.4) is 0 Å². The number of benzene rings is 1. The molecule has 188 valence electrons. The number of anilines is 1. The van der Waals surface area contributed by atoms with Gasteiger partial charge >= 0.3 is 6.09 Å². The molecule has 0 aliphatic carbocycles. The lowest BCUT2D eigenvalue weighted by atomic mass is 10.1. The molecule has 0 radical (unpaired) electrons. The maximum Gasteiger partial charge on any atom is 0.410 e. The molecule has 0 bridgehead atoms. The van der Waals surface area contributed by atoms with E-state index in [4.69, 9.17) is 27.9 Å². The fourth-order valence-corrected chi connectivity index (χ4v) is 4.74. The number of nitrogens with one attached hydrogen (secondary N) is 1. The van der Waals surface area contributed by atoms with Crippen LogP contribution in [-0.2, 0) is 11.3 Å². The fourth-order valence-electron chi connectivity index (χ4n) is 4.28. The summed E-state index contributed by atoms with van der Waals surface area (Å²) >= 11 is 12.3. The van der Waals surface area contributed by atoms with Crippen molar-refractivity contribution in [3.8, 4) is 0 Å². The molecule has 0 saturated carbocycles. The Morgan fingerprint density at radius 1 is 1.08 bits per heavy atom. The highest BCUT2D eigenvalue weighted by Gasteiger charge is 2.30. The third kappa shape index (κ3) is 5.14. The molecule has 1 saturated heterocycles. The zero-order chi connectivity index (χ0) is 25.9. The number of ether oxygens (including phenoxy) is 1. The van der Waals surface area contributed by atoms with Crippen molar-refractivity contribution >= 4 is 51.9 Å². The molecule has 4 aromatic rings. The summed E-state index contributed by atoms with van der Waals surface area (Å²) in [5.74, 6) is -0.670. The van der Waals surface area contributed by atoms with Gasteiger partial charge in [-0.15, -0.1) is 0 Å². The highest BCUT2D eigenvalue weighted by atomic mass is 35.5. The van der Waals surface area contributed by atoms with E-state index >= 15 is 0 Å². The van der Waals surface area contributed by atoms with Crippen LogP contribution in [-0.4, -0.2) is 44.5 Å². The van der Waals surface area contributed by atoms with E-state index in [1.54, 1.807) is 27.8 Å². The van der Waals surface area contributed by atoms with Crippen LogP contribution in [0.4, 0.5) is 10.5 Å². The summed E-state index contributed by atoms with van der Waals surface area (Å²) in [4.78, 5) is 48.9. The van der Waals surface area contributed by atoms with Crippen LogP contribution in [0.1, 0.15) is 28.4 Å². The largest absolute Gasteiger partial charge is 0.445 e. The molecule has 9 nitrogen and oxygen atoms in total. The lowest BCUT2D eigenvalue weighted by molar-refractivity contribution is 0.101. The molecule has 5 rings (SSSR count). The number of carbonyl (C=O) groups excluding carboxylic acids is 2. The van der Waals surface area contributed by atoms with Crippen LogP contribution < -0.4 is 10.7 Å². The van der Waals surface area contributed by atoms with Crippen molar-refractivity contribution < 1.29 is 14.3 Å². The molecule has 2 amide bonds. The summed E-state index contributed by atoms with van der Waals surface area (Å²) < 4.78 is 7.24. The van der Waals surface area contributed by atoms with E-state index in [9.17, 15) is 14.4 Å². The molecule has 1 aliphatic rings. The Kier molecular flexibility index (Phi) is 7.07. The zero-order valence-electron chi connectivity index (χ0n) is 19.4. The minimum atomic E-state index is -0.670. The molecule has 0 unspecified atom stereocenters. The fraction of sp³-hybridized carbons (Fsp3) is 0.192. The lowest BCUT2D eigenvalue weighted by Crippen LogP contribution is -2.30. The number of halogens is 2. The normalized spacial score (nSPS) is 15.1. The molecule has 1 N–H and O–H groups in total. The van der Waals surface area contributed by atoms with Gasteiger partial charge in [-0.2, -0.15) is 0 Å². The first-order chi connectivity index (χ1) is 17.9. The number of fused-ring (bicyclic) bond motifs is 1. The summed E-state index contributed by atoms with van der Waals surface area (Å²) in [6, 6.07) is 12.5. The van der Waals surface area contributed by atoms with Crippen molar-refractivity contribution in [1.82, 2.24) is 19.4 Å². The number of rotatable bonds is 5. The first kappa shape index (κ1) is 24.7. The first-order valence-corrected chi connectivity index (χ1v) is 12.2. The van der Waals surface area contributed by atoms with Crippen molar-refractivity contribution in [2.45, 2.75) is 19.1 Å². The van der Waals surface area contributed by atoms with E-state index in [1.807, 2.05) is 30.3 Å². The minimum absolute atomic E-state index is 0.102. The van der Waals surface area contributed by atoms with Crippen LogP contribution in [0, 0.1) is 0 Å². The molecular weight excluding hydrogens is 517 g/mol. The Morgan fingerprint density at radius 2 is 1.84 bits per heavy atom. The van der Waals surface area contributed by atoms with Gasteiger partial charge in [0.25, 0.3) is 5.91 Å². The summed E-state index contributed by atoms with van der Waals surface area (Å²) in [5, 5.41) is 3.19. The number of nitrogens with zero attached hydrogens (tertiary/aromatic N) is 4. The molecule has 1 atom stereocenters. The Balaban J connectivity index is 1.41. The molecule has 1 aromatic carbocycles.